The van der Waals surface area contributed by atoms with Gasteiger partial charge in [-0.3, -0.25) is 9.59 Å². The van der Waals surface area contributed by atoms with E-state index in [0.29, 0.717) is 24.5 Å². The van der Waals surface area contributed by atoms with Crippen LogP contribution in [0.4, 0.5) is 23.4 Å². The number of benzene rings is 1. The van der Waals surface area contributed by atoms with Gasteiger partial charge in [0, 0.05) is 51.1 Å². The van der Waals surface area contributed by atoms with Crippen molar-refractivity contribution in [1.82, 2.24) is 19.4 Å². The zero-order valence-electron chi connectivity index (χ0n) is 18.9. The molecule has 1 aromatic carbocycles. The normalized spacial score (nSPS) is 16.1. The monoisotopic (exact) mass is 480 g/mol. The molecule has 0 amide bonds. The number of piperazine rings is 1. The van der Waals surface area contributed by atoms with Gasteiger partial charge in [-0.1, -0.05) is 12.1 Å². The van der Waals surface area contributed by atoms with E-state index in [9.17, 15) is 27.2 Å². The Hall–Kier alpha value is -3.41. The molecule has 0 unspecified atom stereocenters. The van der Waals surface area contributed by atoms with Gasteiger partial charge in [-0.25, -0.2) is 13.7 Å². The Morgan fingerprint density at radius 2 is 1.74 bits per heavy atom. The molecule has 1 N–H and O–H groups in total. The largest absolute Gasteiger partial charge is 0.419 e. The highest BCUT2D eigenvalue weighted by atomic mass is 19.4. The molecule has 0 saturated carbocycles. The average Bonchev–Trinajstić information content (AvgIpc) is 2.77. The molecule has 0 aliphatic carbocycles. The lowest BCUT2D eigenvalue weighted by molar-refractivity contribution is -0.140. The maximum Gasteiger partial charge on any atom is 0.419 e. The number of pyridine rings is 1. The van der Waals surface area contributed by atoms with E-state index in [4.69, 9.17) is 0 Å². The molecule has 1 saturated heterocycles. The smallest absolute Gasteiger partial charge is 0.361 e. The first-order chi connectivity index (χ1) is 16.0. The third-order valence-electron chi connectivity index (χ3n) is 6.00. The van der Waals surface area contributed by atoms with Crippen molar-refractivity contribution in [3.8, 4) is 0 Å². The van der Waals surface area contributed by atoms with Crippen molar-refractivity contribution in [2.45, 2.75) is 19.1 Å². The second-order valence-corrected chi connectivity index (χ2v) is 8.39. The molecule has 1 aliphatic rings. The Balaban J connectivity index is 1.78. The summed E-state index contributed by atoms with van der Waals surface area (Å²) in [6, 6.07) is 3.38. The van der Waals surface area contributed by atoms with Crippen LogP contribution in [0.2, 0.25) is 0 Å². The number of hydrogen-bond donors (Lipinski definition) is 1. The summed E-state index contributed by atoms with van der Waals surface area (Å²) in [5.41, 5.74) is -2.45. The van der Waals surface area contributed by atoms with Crippen molar-refractivity contribution >= 4 is 16.6 Å². The minimum absolute atomic E-state index is 0.104. The second kappa shape index (κ2) is 8.75. The molecule has 0 radical (unpaired) electrons. The summed E-state index contributed by atoms with van der Waals surface area (Å²) >= 11 is 0. The van der Waals surface area contributed by atoms with Crippen molar-refractivity contribution in [3.05, 3.63) is 68.1 Å². The van der Waals surface area contributed by atoms with Gasteiger partial charge in [0.2, 0.25) is 0 Å². The van der Waals surface area contributed by atoms with Crippen LogP contribution in [0.1, 0.15) is 24.1 Å². The van der Waals surface area contributed by atoms with Crippen molar-refractivity contribution in [1.29, 1.82) is 0 Å². The maximum absolute atomic E-state index is 14.7. The minimum atomic E-state index is -4.83. The summed E-state index contributed by atoms with van der Waals surface area (Å²) in [4.78, 5) is 27.5. The van der Waals surface area contributed by atoms with E-state index in [-0.39, 0.29) is 22.3 Å². The number of aryl methyl sites for hydroxylation is 1. The molecule has 1 atom stereocenters. The average molecular weight is 480 g/mol. The first-order valence-electron chi connectivity index (χ1n) is 10.7. The fourth-order valence-electron chi connectivity index (χ4n) is 4.04. The number of nitrogens with one attached hydrogen (secondary N) is 1. The predicted molar refractivity (Wildman–Crippen MR) is 120 cm³/mol. The number of aromatic nitrogens is 3. The number of nitrogens with zero attached hydrogens (tertiary/aromatic N) is 5. The second-order valence-electron chi connectivity index (χ2n) is 8.39. The first-order valence-corrected chi connectivity index (χ1v) is 10.7. The lowest BCUT2D eigenvalue weighted by Crippen LogP contribution is -2.52. The molecule has 1 fully saturated rings. The zero-order chi connectivity index (χ0) is 24.8. The van der Waals surface area contributed by atoms with E-state index in [1.165, 1.54) is 37.0 Å². The van der Waals surface area contributed by atoms with E-state index in [2.05, 4.69) is 15.3 Å². The van der Waals surface area contributed by atoms with Gasteiger partial charge in [0.15, 0.2) is 5.82 Å². The van der Waals surface area contributed by atoms with Crippen LogP contribution in [0, 0.1) is 5.82 Å². The van der Waals surface area contributed by atoms with E-state index < -0.39 is 29.2 Å². The van der Waals surface area contributed by atoms with Gasteiger partial charge in [-0.05, 0) is 20.0 Å². The first kappa shape index (κ1) is 23.7. The van der Waals surface area contributed by atoms with Crippen molar-refractivity contribution in [2.75, 3.05) is 43.6 Å². The molecular weight excluding hydrogens is 456 g/mol. The van der Waals surface area contributed by atoms with Gasteiger partial charge in [0.1, 0.15) is 5.82 Å². The highest BCUT2D eigenvalue weighted by Crippen LogP contribution is 2.34. The van der Waals surface area contributed by atoms with Crippen molar-refractivity contribution in [3.63, 3.8) is 0 Å². The summed E-state index contributed by atoms with van der Waals surface area (Å²) in [6.45, 7) is 4.17. The molecule has 8 nitrogen and oxygen atoms in total. The van der Waals surface area contributed by atoms with Gasteiger partial charge < -0.3 is 15.2 Å². The number of rotatable bonds is 4. The number of halogens is 4. The highest BCUT2D eigenvalue weighted by molar-refractivity contribution is 5.90. The van der Waals surface area contributed by atoms with Crippen LogP contribution in [0.5, 0.6) is 0 Å². The van der Waals surface area contributed by atoms with Gasteiger partial charge in [0.25, 0.3) is 11.1 Å². The summed E-state index contributed by atoms with van der Waals surface area (Å²) in [6.07, 6.45) is -3.34. The number of fused-ring (bicyclic) bond motifs is 1. The molecular formula is C22H24F4N6O2. The molecule has 0 spiro atoms. The molecule has 3 aromatic rings. The quantitative estimate of drug-likeness (QED) is 0.578. The van der Waals surface area contributed by atoms with Gasteiger partial charge in [0.05, 0.1) is 22.4 Å². The molecule has 182 valence electrons. The topological polar surface area (TPSA) is 75.4 Å². The highest BCUT2D eigenvalue weighted by Gasteiger charge is 2.35. The third kappa shape index (κ3) is 4.37. The van der Waals surface area contributed by atoms with Gasteiger partial charge in [-0.15, -0.1) is 0 Å². The minimum Gasteiger partial charge on any atom is -0.361 e. The Morgan fingerprint density at radius 3 is 2.38 bits per heavy atom. The van der Waals surface area contributed by atoms with Crippen molar-refractivity contribution in [2.24, 2.45) is 7.05 Å². The van der Waals surface area contributed by atoms with Crippen LogP contribution in [0.25, 0.3) is 10.8 Å². The number of likely N-dealkylation sites (N-methyl/N-ethyl adjacent to an activating group) is 1. The van der Waals surface area contributed by atoms with E-state index >= 15 is 0 Å². The van der Waals surface area contributed by atoms with Crippen LogP contribution in [0.15, 0.2) is 40.1 Å². The Bertz CT molecular complexity index is 1340. The fourth-order valence-corrected chi connectivity index (χ4v) is 4.04. The lowest BCUT2D eigenvalue weighted by atomic mass is 10.0. The van der Waals surface area contributed by atoms with Gasteiger partial charge >= 0.3 is 6.18 Å². The summed E-state index contributed by atoms with van der Waals surface area (Å²) in [5.74, 6) is -1.23. The van der Waals surface area contributed by atoms with Crippen LogP contribution in [0.3, 0.4) is 0 Å². The van der Waals surface area contributed by atoms with Crippen LogP contribution >= 0.6 is 0 Å². The molecule has 12 heteroatoms. The zero-order valence-corrected chi connectivity index (χ0v) is 18.9. The van der Waals surface area contributed by atoms with Crippen LogP contribution in [-0.4, -0.2) is 52.6 Å². The van der Waals surface area contributed by atoms with E-state index in [1.54, 1.807) is 0 Å². The molecule has 1 aliphatic heterocycles. The molecule has 0 bridgehead atoms. The van der Waals surface area contributed by atoms with Crippen LogP contribution in [-0.2, 0) is 13.2 Å². The molecule has 4 rings (SSSR count). The van der Waals surface area contributed by atoms with Crippen LogP contribution < -0.4 is 21.4 Å². The van der Waals surface area contributed by atoms with Gasteiger partial charge in [-0.2, -0.15) is 18.3 Å². The Kier molecular flexibility index (Phi) is 6.11. The third-order valence-corrected chi connectivity index (χ3v) is 6.00. The van der Waals surface area contributed by atoms with Crippen molar-refractivity contribution < 1.29 is 17.6 Å². The fraction of sp³-hybridized carbons (Fsp3) is 0.409. The molecule has 3 heterocycles. The molecule has 2 aromatic heterocycles. The summed E-state index contributed by atoms with van der Waals surface area (Å²) in [5, 5.41) is 9.38. The number of anilines is 1. The van der Waals surface area contributed by atoms with E-state index in [1.807, 2.05) is 12.1 Å². The lowest BCUT2D eigenvalue weighted by Gasteiger charge is -2.34. The number of alkyl halides is 3. The number of hydrogen-bond acceptors (Lipinski definition) is 6. The predicted octanol–water partition coefficient (Wildman–Crippen LogP) is 2.31. The SMILES string of the molecule is C[C@@H](Nc1nn(C)c(=O)c2cc(=O)n(N3CCN(C)CC3)cc12)c1cccc(C(F)(F)F)c1F. The maximum atomic E-state index is 14.7. The van der Waals surface area contributed by atoms with E-state index in [0.717, 1.165) is 23.8 Å². The standard InChI is InChI=1S/C22H24F4N6O2/c1-13(14-5-4-6-17(19(14)23)22(24,25)26)27-20-16-12-32(31-9-7-29(2)8-10-31)18(33)11-15(16)21(34)30(3)28-20/h4-6,11-13H,7-10H2,1-3H3,(H,27,28)/t13-/m1/s1. The Morgan fingerprint density at radius 1 is 1.06 bits per heavy atom. The summed E-state index contributed by atoms with van der Waals surface area (Å²) < 4.78 is 56.6. The molecule has 34 heavy (non-hydrogen) atoms. The summed E-state index contributed by atoms with van der Waals surface area (Å²) in [7, 11) is 3.37. The Labute approximate surface area is 192 Å².